The molecule has 3 aromatic rings. The minimum atomic E-state index is -3.61. The Hall–Kier alpha value is -2.72. The minimum absolute atomic E-state index is 0. The van der Waals surface area contributed by atoms with Crippen LogP contribution >= 0.6 is 12.4 Å². The van der Waals surface area contributed by atoms with Crippen LogP contribution < -0.4 is 21.1 Å². The Morgan fingerprint density at radius 3 is 2.55 bits per heavy atom. The number of carbonyl (C=O) groups excluding carboxylic acids is 1. The van der Waals surface area contributed by atoms with Gasteiger partial charge in [-0.25, -0.2) is 17.9 Å². The number of benzene rings is 2. The molecule has 31 heavy (non-hydrogen) atoms. The summed E-state index contributed by atoms with van der Waals surface area (Å²) >= 11 is 0. The van der Waals surface area contributed by atoms with E-state index in [0.29, 0.717) is 18.8 Å². The number of fused-ring (bicyclic) bond motifs is 1. The summed E-state index contributed by atoms with van der Waals surface area (Å²) in [6.07, 6.45) is 4.11. The molecule has 0 unspecified atom stereocenters. The molecule has 1 atom stereocenters. The lowest BCUT2D eigenvalue weighted by Crippen LogP contribution is -2.40. The fourth-order valence-corrected chi connectivity index (χ4v) is 4.33. The molecule has 0 spiro atoms. The van der Waals surface area contributed by atoms with E-state index in [0.717, 1.165) is 22.8 Å². The zero-order chi connectivity index (χ0) is 21.6. The van der Waals surface area contributed by atoms with Crippen LogP contribution in [0.1, 0.15) is 12.5 Å². The standard InChI is InChI=1S/C21H25N5O3S.ClH/c1-15(13-23-10-8-16-2-5-19(6-3-16)25-21(22)27)26-30(28,29)20-7-4-18-14-24-11-9-17(18)12-20;/h2-7,9,11-12,14-15,23,26H,8,10,13H2,1H3,(H3,22,25,27);1H/t15-;/m1./s1. The number of sulfonamides is 1. The number of primary amides is 1. The van der Waals surface area contributed by atoms with Crippen LogP contribution in [-0.2, 0) is 16.4 Å². The van der Waals surface area contributed by atoms with Gasteiger partial charge in [-0.1, -0.05) is 18.2 Å². The number of nitrogens with two attached hydrogens (primary N) is 1. The van der Waals surface area contributed by atoms with E-state index in [1.54, 1.807) is 48.8 Å². The van der Waals surface area contributed by atoms with Crippen molar-refractivity contribution in [3.05, 3.63) is 66.5 Å². The molecule has 166 valence electrons. The van der Waals surface area contributed by atoms with Crippen molar-refractivity contribution in [2.24, 2.45) is 5.73 Å². The fourth-order valence-electron chi connectivity index (χ4n) is 3.05. The van der Waals surface area contributed by atoms with Gasteiger partial charge in [0, 0.05) is 36.1 Å². The van der Waals surface area contributed by atoms with Gasteiger partial charge in [-0.3, -0.25) is 4.98 Å². The van der Waals surface area contributed by atoms with E-state index >= 15 is 0 Å². The van der Waals surface area contributed by atoms with Gasteiger partial charge in [-0.2, -0.15) is 0 Å². The molecule has 2 aromatic carbocycles. The number of hydrogen-bond donors (Lipinski definition) is 4. The van der Waals surface area contributed by atoms with E-state index in [1.807, 2.05) is 19.1 Å². The molecule has 0 bridgehead atoms. The Balaban J connectivity index is 0.00000341. The molecule has 0 radical (unpaired) electrons. The number of aromatic nitrogens is 1. The topological polar surface area (TPSA) is 126 Å². The molecule has 0 saturated heterocycles. The maximum absolute atomic E-state index is 12.7. The van der Waals surface area contributed by atoms with Gasteiger partial charge >= 0.3 is 6.03 Å². The largest absolute Gasteiger partial charge is 0.351 e. The van der Waals surface area contributed by atoms with Crippen molar-refractivity contribution in [3.63, 3.8) is 0 Å². The van der Waals surface area contributed by atoms with Gasteiger partial charge in [0.2, 0.25) is 10.0 Å². The van der Waals surface area contributed by atoms with E-state index in [4.69, 9.17) is 5.73 Å². The molecule has 0 aliphatic heterocycles. The lowest BCUT2D eigenvalue weighted by molar-refractivity contribution is 0.259. The van der Waals surface area contributed by atoms with Crippen molar-refractivity contribution in [2.75, 3.05) is 18.4 Å². The SMILES string of the molecule is C[C@H](CNCCc1ccc(NC(N)=O)cc1)NS(=O)(=O)c1ccc2cnccc2c1.Cl. The molecule has 1 aromatic heterocycles. The lowest BCUT2D eigenvalue weighted by atomic mass is 10.1. The average molecular weight is 464 g/mol. The summed E-state index contributed by atoms with van der Waals surface area (Å²) in [7, 11) is -3.61. The smallest absolute Gasteiger partial charge is 0.316 e. The molecular formula is C21H26ClN5O3S. The van der Waals surface area contributed by atoms with Crippen LogP contribution in [0.2, 0.25) is 0 Å². The van der Waals surface area contributed by atoms with Crippen molar-refractivity contribution in [1.82, 2.24) is 15.0 Å². The van der Waals surface area contributed by atoms with Gasteiger partial charge in [0.1, 0.15) is 0 Å². The maximum atomic E-state index is 12.7. The van der Waals surface area contributed by atoms with Crippen molar-refractivity contribution in [1.29, 1.82) is 0 Å². The van der Waals surface area contributed by atoms with Gasteiger partial charge in [0.15, 0.2) is 0 Å². The van der Waals surface area contributed by atoms with Crippen LogP contribution in [0.25, 0.3) is 10.8 Å². The highest BCUT2D eigenvalue weighted by atomic mass is 35.5. The van der Waals surface area contributed by atoms with Crippen molar-refractivity contribution >= 4 is 44.9 Å². The maximum Gasteiger partial charge on any atom is 0.316 e. The normalized spacial score (nSPS) is 12.2. The van der Waals surface area contributed by atoms with E-state index in [9.17, 15) is 13.2 Å². The van der Waals surface area contributed by atoms with Crippen molar-refractivity contribution in [2.45, 2.75) is 24.3 Å². The van der Waals surface area contributed by atoms with E-state index in [-0.39, 0.29) is 23.3 Å². The molecule has 3 rings (SSSR count). The van der Waals surface area contributed by atoms with Crippen molar-refractivity contribution in [3.8, 4) is 0 Å². The number of anilines is 1. The highest BCUT2D eigenvalue weighted by Crippen LogP contribution is 2.18. The van der Waals surface area contributed by atoms with Crippen molar-refractivity contribution < 1.29 is 13.2 Å². The number of halogens is 1. The minimum Gasteiger partial charge on any atom is -0.351 e. The van der Waals surface area contributed by atoms with Gasteiger partial charge in [-0.05, 0) is 61.2 Å². The second-order valence-corrected chi connectivity index (χ2v) is 8.76. The molecule has 0 saturated carbocycles. The Bertz CT molecular complexity index is 1120. The van der Waals surface area contributed by atoms with Gasteiger partial charge < -0.3 is 16.4 Å². The fraction of sp³-hybridized carbons (Fsp3) is 0.238. The van der Waals surface area contributed by atoms with E-state index in [1.165, 1.54) is 0 Å². The number of nitrogens with zero attached hydrogens (tertiary/aromatic N) is 1. The van der Waals surface area contributed by atoms with Gasteiger partial charge in [0.05, 0.1) is 4.90 Å². The van der Waals surface area contributed by atoms with E-state index in [2.05, 4.69) is 20.3 Å². The molecule has 0 aliphatic rings. The highest BCUT2D eigenvalue weighted by molar-refractivity contribution is 7.89. The summed E-state index contributed by atoms with van der Waals surface area (Å²) < 4.78 is 28.0. The quantitative estimate of drug-likeness (QED) is 0.363. The summed E-state index contributed by atoms with van der Waals surface area (Å²) in [6.45, 7) is 3.01. The third-order valence-electron chi connectivity index (χ3n) is 4.54. The zero-order valence-corrected chi connectivity index (χ0v) is 18.7. The summed E-state index contributed by atoms with van der Waals surface area (Å²) in [5.74, 6) is 0. The summed E-state index contributed by atoms with van der Waals surface area (Å²) in [4.78, 5) is 15.1. The monoisotopic (exact) mass is 463 g/mol. The first-order chi connectivity index (χ1) is 14.3. The van der Waals surface area contributed by atoms with E-state index < -0.39 is 16.1 Å². The predicted molar refractivity (Wildman–Crippen MR) is 125 cm³/mol. The lowest BCUT2D eigenvalue weighted by Gasteiger charge is -2.15. The first-order valence-electron chi connectivity index (χ1n) is 9.56. The molecule has 10 heteroatoms. The molecular weight excluding hydrogens is 438 g/mol. The molecule has 5 N–H and O–H groups in total. The Labute approximate surface area is 188 Å². The van der Waals surface area contributed by atoms with Crippen LogP contribution in [-0.4, -0.2) is 38.6 Å². The number of pyridine rings is 1. The second kappa shape index (κ2) is 11.1. The van der Waals surface area contributed by atoms with Gasteiger partial charge in [-0.15, -0.1) is 12.4 Å². The molecule has 8 nitrogen and oxygen atoms in total. The zero-order valence-electron chi connectivity index (χ0n) is 17.0. The third-order valence-corrected chi connectivity index (χ3v) is 6.13. The molecule has 2 amide bonds. The van der Waals surface area contributed by atoms with Crippen LogP contribution in [0.4, 0.5) is 10.5 Å². The number of hydrogen-bond acceptors (Lipinski definition) is 5. The third kappa shape index (κ3) is 7.18. The Kier molecular flexibility index (Phi) is 8.76. The second-order valence-electron chi connectivity index (χ2n) is 7.05. The molecule has 0 fully saturated rings. The van der Waals surface area contributed by atoms with Gasteiger partial charge in [0.25, 0.3) is 0 Å². The Morgan fingerprint density at radius 2 is 1.84 bits per heavy atom. The average Bonchev–Trinajstić information content (AvgIpc) is 2.71. The highest BCUT2D eigenvalue weighted by Gasteiger charge is 2.17. The number of nitrogens with one attached hydrogen (secondary N) is 3. The number of rotatable bonds is 9. The van der Waals surface area contributed by atoms with Crippen LogP contribution in [0.15, 0.2) is 65.8 Å². The molecule has 0 aliphatic carbocycles. The first-order valence-corrected chi connectivity index (χ1v) is 11.0. The number of urea groups is 1. The predicted octanol–water partition coefficient (Wildman–Crippen LogP) is 2.65. The summed E-state index contributed by atoms with van der Waals surface area (Å²) in [6, 6.07) is 13.3. The first kappa shape index (κ1) is 24.5. The summed E-state index contributed by atoms with van der Waals surface area (Å²) in [5.41, 5.74) is 6.82. The Morgan fingerprint density at radius 1 is 1.10 bits per heavy atom. The van der Waals surface area contributed by atoms with Crippen LogP contribution in [0, 0.1) is 0 Å². The van der Waals surface area contributed by atoms with Crippen LogP contribution in [0.5, 0.6) is 0 Å². The summed E-state index contributed by atoms with van der Waals surface area (Å²) in [5, 5.41) is 7.50. The molecule has 1 heterocycles. The number of amides is 2. The number of carbonyl (C=O) groups is 1. The van der Waals surface area contributed by atoms with Crippen LogP contribution in [0.3, 0.4) is 0 Å².